The summed E-state index contributed by atoms with van der Waals surface area (Å²) in [4.78, 5) is 0. The van der Waals surface area contributed by atoms with Gasteiger partial charge >= 0.3 is 0 Å². The second-order valence-corrected chi connectivity index (χ2v) is 9.93. The third kappa shape index (κ3) is 1.85. The molecule has 0 bridgehead atoms. The first kappa shape index (κ1) is 11.5. The summed E-state index contributed by atoms with van der Waals surface area (Å²) in [5, 5.41) is 11.0. The van der Waals surface area contributed by atoms with Crippen molar-refractivity contribution in [1.82, 2.24) is 0 Å². The Hall–Kier alpha value is -0.933. The average molecular weight is 236 g/mol. The van der Waals surface area contributed by atoms with E-state index >= 15 is 0 Å². The highest BCUT2D eigenvalue weighted by Gasteiger charge is 2.34. The van der Waals surface area contributed by atoms with E-state index in [0.717, 1.165) is 16.8 Å². The summed E-state index contributed by atoms with van der Waals surface area (Å²) in [5.41, 5.74) is 1.40. The van der Waals surface area contributed by atoms with Crippen LogP contribution in [0.15, 0.2) is 24.8 Å². The molecule has 0 spiro atoms. The third-order valence-electron chi connectivity index (χ3n) is 3.32. The number of hydrogen-bond donors (Lipinski definition) is 1. The highest BCUT2D eigenvalue weighted by molar-refractivity contribution is 6.90. The van der Waals surface area contributed by atoms with Crippen molar-refractivity contribution in [3.05, 3.63) is 36.2 Å². The Morgan fingerprint density at radius 2 is 2.12 bits per heavy atom. The summed E-state index contributed by atoms with van der Waals surface area (Å²) in [7, 11) is -1.75. The van der Waals surface area contributed by atoms with E-state index in [1.54, 1.807) is 6.07 Å². The standard InChI is InChI=1S/C13H17FOSi/c1-9-7-10(15)8-16(2,3)12-6-4-5-11(14)13(9)12/h4-6,10,15H,1,7-8H2,2-3H3. The van der Waals surface area contributed by atoms with Crippen LogP contribution in [0.5, 0.6) is 0 Å². The Morgan fingerprint density at radius 3 is 2.81 bits per heavy atom. The van der Waals surface area contributed by atoms with Gasteiger partial charge in [-0.2, -0.15) is 0 Å². The van der Waals surface area contributed by atoms with Gasteiger partial charge in [0, 0.05) is 5.56 Å². The Kier molecular flexibility index (Phi) is 2.76. The Morgan fingerprint density at radius 1 is 1.44 bits per heavy atom. The summed E-state index contributed by atoms with van der Waals surface area (Å²) in [5.74, 6) is -0.197. The molecule has 3 heteroatoms. The number of aliphatic hydroxyl groups excluding tert-OH is 1. The smallest absolute Gasteiger partial charge is 0.130 e. The van der Waals surface area contributed by atoms with Crippen LogP contribution in [0.2, 0.25) is 19.1 Å². The van der Waals surface area contributed by atoms with Crippen molar-refractivity contribution in [1.29, 1.82) is 0 Å². The zero-order valence-electron chi connectivity index (χ0n) is 9.76. The van der Waals surface area contributed by atoms with Crippen molar-refractivity contribution in [2.24, 2.45) is 0 Å². The van der Waals surface area contributed by atoms with Crippen LogP contribution in [0.3, 0.4) is 0 Å². The molecule has 1 aromatic carbocycles. The predicted octanol–water partition coefficient (Wildman–Crippen LogP) is 2.52. The molecule has 1 aromatic rings. The molecule has 16 heavy (non-hydrogen) atoms. The summed E-state index contributed by atoms with van der Waals surface area (Å²) < 4.78 is 13.9. The number of fused-ring (bicyclic) bond motifs is 1. The van der Waals surface area contributed by atoms with Crippen LogP contribution in [0.4, 0.5) is 4.39 Å². The van der Waals surface area contributed by atoms with E-state index < -0.39 is 8.07 Å². The molecule has 1 aliphatic heterocycles. The van der Waals surface area contributed by atoms with Crippen LogP contribution in [0, 0.1) is 5.82 Å². The highest BCUT2D eigenvalue weighted by atomic mass is 28.3. The molecule has 1 unspecified atom stereocenters. The number of halogens is 1. The Bertz CT molecular complexity index is 440. The fourth-order valence-electron chi connectivity index (χ4n) is 2.61. The van der Waals surface area contributed by atoms with E-state index in [-0.39, 0.29) is 11.9 Å². The van der Waals surface area contributed by atoms with Gasteiger partial charge in [0.15, 0.2) is 0 Å². The van der Waals surface area contributed by atoms with Crippen molar-refractivity contribution < 1.29 is 9.50 Å². The fraction of sp³-hybridized carbons (Fsp3) is 0.385. The molecule has 1 nitrogen and oxygen atoms in total. The molecule has 2 rings (SSSR count). The molecule has 0 saturated heterocycles. The largest absolute Gasteiger partial charge is 0.393 e. The fourth-order valence-corrected chi connectivity index (χ4v) is 5.67. The number of rotatable bonds is 0. The van der Waals surface area contributed by atoms with Gasteiger partial charge in [-0.25, -0.2) is 4.39 Å². The molecule has 86 valence electrons. The van der Waals surface area contributed by atoms with Crippen LogP contribution in [-0.2, 0) is 0 Å². The van der Waals surface area contributed by atoms with Crippen LogP contribution >= 0.6 is 0 Å². The van der Waals surface area contributed by atoms with Gasteiger partial charge in [-0.15, -0.1) is 0 Å². The van der Waals surface area contributed by atoms with E-state index in [0.29, 0.717) is 12.0 Å². The van der Waals surface area contributed by atoms with Gasteiger partial charge in [0.1, 0.15) is 5.82 Å². The van der Waals surface area contributed by atoms with E-state index in [2.05, 4.69) is 19.7 Å². The number of aliphatic hydroxyl groups is 1. The predicted molar refractivity (Wildman–Crippen MR) is 68.0 cm³/mol. The quantitative estimate of drug-likeness (QED) is 0.686. The van der Waals surface area contributed by atoms with Gasteiger partial charge in [-0.3, -0.25) is 0 Å². The molecular weight excluding hydrogens is 219 g/mol. The van der Waals surface area contributed by atoms with E-state index in [1.165, 1.54) is 6.07 Å². The first-order chi connectivity index (χ1) is 7.42. The van der Waals surface area contributed by atoms with Crippen LogP contribution < -0.4 is 5.19 Å². The lowest BCUT2D eigenvalue weighted by Gasteiger charge is -2.24. The normalized spacial score (nSPS) is 23.8. The van der Waals surface area contributed by atoms with Crippen LogP contribution in [0.25, 0.3) is 5.57 Å². The van der Waals surface area contributed by atoms with Crippen molar-refractivity contribution in [3.63, 3.8) is 0 Å². The molecule has 0 saturated carbocycles. The molecule has 0 fully saturated rings. The van der Waals surface area contributed by atoms with Gasteiger partial charge in [0.05, 0.1) is 14.2 Å². The zero-order valence-corrected chi connectivity index (χ0v) is 10.8. The summed E-state index contributed by atoms with van der Waals surface area (Å²) >= 11 is 0. The van der Waals surface area contributed by atoms with E-state index in [1.807, 2.05) is 6.07 Å². The molecule has 0 amide bonds. The topological polar surface area (TPSA) is 20.2 Å². The van der Waals surface area contributed by atoms with Gasteiger partial charge in [0.2, 0.25) is 0 Å². The van der Waals surface area contributed by atoms with Gasteiger partial charge in [0.25, 0.3) is 0 Å². The van der Waals surface area contributed by atoms with Gasteiger partial charge in [-0.05, 0) is 29.3 Å². The average Bonchev–Trinajstić information content (AvgIpc) is 2.22. The van der Waals surface area contributed by atoms with Gasteiger partial charge in [-0.1, -0.05) is 31.8 Å². The van der Waals surface area contributed by atoms with Gasteiger partial charge < -0.3 is 5.11 Å². The first-order valence-corrected chi connectivity index (χ1v) is 8.78. The van der Waals surface area contributed by atoms with Crippen molar-refractivity contribution in [2.75, 3.05) is 0 Å². The molecule has 0 aliphatic carbocycles. The van der Waals surface area contributed by atoms with E-state index in [4.69, 9.17) is 0 Å². The lowest BCUT2D eigenvalue weighted by Crippen LogP contribution is -2.44. The molecule has 1 aliphatic rings. The molecule has 1 heterocycles. The minimum atomic E-state index is -1.75. The zero-order chi connectivity index (χ0) is 11.9. The van der Waals surface area contributed by atoms with Crippen molar-refractivity contribution in [3.8, 4) is 0 Å². The molecule has 1 atom stereocenters. The SMILES string of the molecule is C=C1CC(O)C[Si](C)(C)c2cccc(F)c21. The lowest BCUT2D eigenvalue weighted by molar-refractivity contribution is 0.200. The minimum absolute atomic E-state index is 0.197. The molecule has 1 N–H and O–H groups in total. The third-order valence-corrected chi connectivity index (χ3v) is 6.69. The molecule has 0 radical (unpaired) electrons. The van der Waals surface area contributed by atoms with Crippen molar-refractivity contribution in [2.45, 2.75) is 31.7 Å². The lowest BCUT2D eigenvalue weighted by atomic mass is 10.0. The summed E-state index contributed by atoms with van der Waals surface area (Å²) in [6, 6.07) is 6.01. The minimum Gasteiger partial charge on any atom is -0.393 e. The van der Waals surface area contributed by atoms with Crippen LogP contribution in [0.1, 0.15) is 12.0 Å². The number of hydrogen-bond acceptors (Lipinski definition) is 1. The summed E-state index contributed by atoms with van der Waals surface area (Å²) in [6.07, 6.45) is 0.116. The monoisotopic (exact) mass is 236 g/mol. The second kappa shape index (κ2) is 3.82. The van der Waals surface area contributed by atoms with Crippen molar-refractivity contribution >= 4 is 18.8 Å². The first-order valence-electron chi connectivity index (χ1n) is 5.57. The highest BCUT2D eigenvalue weighted by Crippen LogP contribution is 2.30. The molecule has 0 aromatic heterocycles. The maximum absolute atomic E-state index is 13.9. The Labute approximate surface area is 96.6 Å². The summed E-state index contributed by atoms with van der Waals surface area (Å²) in [6.45, 7) is 8.26. The van der Waals surface area contributed by atoms with E-state index in [9.17, 15) is 9.50 Å². The van der Waals surface area contributed by atoms with Crippen LogP contribution in [-0.4, -0.2) is 19.3 Å². The maximum Gasteiger partial charge on any atom is 0.130 e. The Balaban J connectivity index is 2.65. The molecular formula is C13H17FOSi. The maximum atomic E-state index is 13.9. The number of benzene rings is 1. The second-order valence-electron chi connectivity index (χ2n) is 5.21.